The fraction of sp³-hybridized carbons (Fsp3) is 0.400. The van der Waals surface area contributed by atoms with Crippen LogP contribution in [-0.2, 0) is 11.2 Å². The number of ether oxygens (including phenoxy) is 1. The SMILES string of the molecule is COc1cc(C)c2[nH]c3c(c2c1)CC[C@H]3CC(=O)O. The van der Waals surface area contributed by atoms with Crippen LogP contribution in [0.25, 0.3) is 10.9 Å². The highest BCUT2D eigenvalue weighted by molar-refractivity contribution is 5.89. The number of carbonyl (C=O) groups is 1. The van der Waals surface area contributed by atoms with Crippen LogP contribution in [0.1, 0.15) is 35.6 Å². The van der Waals surface area contributed by atoms with Gasteiger partial charge in [0, 0.05) is 22.5 Å². The van der Waals surface area contributed by atoms with Crippen LogP contribution in [0.15, 0.2) is 12.1 Å². The molecule has 1 aromatic carbocycles. The van der Waals surface area contributed by atoms with Crippen LogP contribution in [-0.4, -0.2) is 23.2 Å². The Balaban J connectivity index is 2.13. The van der Waals surface area contributed by atoms with Crippen molar-refractivity contribution in [1.29, 1.82) is 0 Å². The molecule has 19 heavy (non-hydrogen) atoms. The Morgan fingerprint density at radius 2 is 2.32 bits per heavy atom. The standard InChI is InChI=1S/C15H17NO3/c1-8-5-10(19-2)7-12-11-4-3-9(6-13(17)18)15(11)16-14(8)12/h5,7,9,16H,3-4,6H2,1-2H3,(H,17,18)/t9-/m0/s1. The van der Waals surface area contributed by atoms with Gasteiger partial charge in [-0.25, -0.2) is 0 Å². The van der Waals surface area contributed by atoms with E-state index in [1.54, 1.807) is 7.11 Å². The van der Waals surface area contributed by atoms with Crippen LogP contribution in [0.3, 0.4) is 0 Å². The third-order valence-corrected chi connectivity index (χ3v) is 4.03. The minimum Gasteiger partial charge on any atom is -0.497 e. The molecule has 2 N–H and O–H groups in total. The van der Waals surface area contributed by atoms with Crippen LogP contribution in [0.4, 0.5) is 0 Å². The number of methoxy groups -OCH3 is 1. The van der Waals surface area contributed by atoms with E-state index < -0.39 is 5.97 Å². The van der Waals surface area contributed by atoms with Gasteiger partial charge in [-0.3, -0.25) is 4.79 Å². The lowest BCUT2D eigenvalue weighted by atomic mass is 10.0. The smallest absolute Gasteiger partial charge is 0.304 e. The van der Waals surface area contributed by atoms with Gasteiger partial charge >= 0.3 is 5.97 Å². The second kappa shape index (κ2) is 4.30. The van der Waals surface area contributed by atoms with Gasteiger partial charge in [-0.15, -0.1) is 0 Å². The van der Waals surface area contributed by atoms with E-state index in [4.69, 9.17) is 9.84 Å². The molecule has 0 saturated heterocycles. The first-order valence-corrected chi connectivity index (χ1v) is 6.51. The van der Waals surface area contributed by atoms with Crippen molar-refractivity contribution in [2.45, 2.75) is 32.1 Å². The number of benzene rings is 1. The van der Waals surface area contributed by atoms with Crippen molar-refractivity contribution in [3.8, 4) is 5.75 Å². The number of carboxylic acid groups (broad SMARTS) is 1. The van der Waals surface area contributed by atoms with Gasteiger partial charge in [-0.1, -0.05) is 0 Å². The molecule has 0 aliphatic heterocycles. The number of fused-ring (bicyclic) bond motifs is 3. The second-order valence-corrected chi connectivity index (χ2v) is 5.22. The number of H-pyrrole nitrogens is 1. The summed E-state index contributed by atoms with van der Waals surface area (Å²) in [7, 11) is 1.67. The summed E-state index contributed by atoms with van der Waals surface area (Å²) >= 11 is 0. The Morgan fingerprint density at radius 1 is 1.53 bits per heavy atom. The lowest BCUT2D eigenvalue weighted by Crippen LogP contribution is -2.03. The molecule has 4 heteroatoms. The Bertz CT molecular complexity index is 657. The van der Waals surface area contributed by atoms with Gasteiger partial charge in [-0.2, -0.15) is 0 Å². The zero-order valence-electron chi connectivity index (χ0n) is 11.1. The maximum Gasteiger partial charge on any atom is 0.304 e. The van der Waals surface area contributed by atoms with E-state index in [1.165, 1.54) is 10.9 Å². The zero-order valence-corrected chi connectivity index (χ0v) is 11.1. The molecular weight excluding hydrogens is 242 g/mol. The van der Waals surface area contributed by atoms with Gasteiger partial charge < -0.3 is 14.8 Å². The summed E-state index contributed by atoms with van der Waals surface area (Å²) in [5.74, 6) is 0.240. The van der Waals surface area contributed by atoms with Gasteiger partial charge in [0.2, 0.25) is 0 Å². The molecule has 0 saturated carbocycles. The highest BCUT2D eigenvalue weighted by Gasteiger charge is 2.28. The molecule has 1 atom stereocenters. The average molecular weight is 259 g/mol. The molecule has 3 rings (SSSR count). The summed E-state index contributed by atoms with van der Waals surface area (Å²) in [6.45, 7) is 2.04. The van der Waals surface area contributed by atoms with Crippen molar-refractivity contribution in [2.24, 2.45) is 0 Å². The summed E-state index contributed by atoms with van der Waals surface area (Å²) in [5.41, 5.74) is 4.62. The van der Waals surface area contributed by atoms with Crippen molar-refractivity contribution in [3.63, 3.8) is 0 Å². The largest absolute Gasteiger partial charge is 0.497 e. The lowest BCUT2D eigenvalue weighted by molar-refractivity contribution is -0.137. The molecule has 1 heterocycles. The van der Waals surface area contributed by atoms with Crippen LogP contribution in [0, 0.1) is 6.92 Å². The number of aryl methyl sites for hydroxylation is 2. The molecule has 1 aliphatic carbocycles. The van der Waals surface area contributed by atoms with Crippen LogP contribution in [0.2, 0.25) is 0 Å². The maximum atomic E-state index is 10.9. The van der Waals surface area contributed by atoms with Crippen molar-refractivity contribution in [1.82, 2.24) is 4.98 Å². The average Bonchev–Trinajstić information content (AvgIpc) is 2.90. The number of nitrogens with one attached hydrogen (secondary N) is 1. The third kappa shape index (κ3) is 1.87. The summed E-state index contributed by atoms with van der Waals surface area (Å²) in [5, 5.41) is 10.2. The number of carboxylic acids is 1. The first-order chi connectivity index (χ1) is 9.10. The van der Waals surface area contributed by atoms with Crippen LogP contribution in [0.5, 0.6) is 5.75 Å². The molecule has 0 unspecified atom stereocenters. The van der Waals surface area contributed by atoms with E-state index in [1.807, 2.05) is 19.1 Å². The van der Waals surface area contributed by atoms with Gasteiger partial charge in [0.15, 0.2) is 0 Å². The summed E-state index contributed by atoms with van der Waals surface area (Å²) in [6.07, 6.45) is 2.07. The van der Waals surface area contributed by atoms with E-state index >= 15 is 0 Å². The zero-order chi connectivity index (χ0) is 13.6. The minimum atomic E-state index is -0.731. The molecule has 100 valence electrons. The van der Waals surface area contributed by atoms with E-state index in [0.29, 0.717) is 0 Å². The summed E-state index contributed by atoms with van der Waals surface area (Å²) in [6, 6.07) is 4.04. The predicted octanol–water partition coefficient (Wildman–Crippen LogP) is 2.99. The monoisotopic (exact) mass is 259 g/mol. The topological polar surface area (TPSA) is 62.3 Å². The fourth-order valence-corrected chi connectivity index (χ4v) is 3.13. The molecule has 1 aromatic heterocycles. The van der Waals surface area contributed by atoms with Crippen molar-refractivity contribution in [3.05, 3.63) is 29.0 Å². The molecular formula is C15H17NO3. The summed E-state index contributed by atoms with van der Waals surface area (Å²) in [4.78, 5) is 14.3. The van der Waals surface area contributed by atoms with Gasteiger partial charge in [0.25, 0.3) is 0 Å². The first-order valence-electron chi connectivity index (χ1n) is 6.51. The van der Waals surface area contributed by atoms with E-state index in [9.17, 15) is 4.79 Å². The molecule has 4 nitrogen and oxygen atoms in total. The molecule has 1 aliphatic rings. The van der Waals surface area contributed by atoms with Crippen LogP contribution < -0.4 is 4.74 Å². The second-order valence-electron chi connectivity index (χ2n) is 5.22. The fourth-order valence-electron chi connectivity index (χ4n) is 3.13. The maximum absolute atomic E-state index is 10.9. The Morgan fingerprint density at radius 3 is 3.00 bits per heavy atom. The van der Waals surface area contributed by atoms with Gasteiger partial charge in [0.1, 0.15) is 5.75 Å². The quantitative estimate of drug-likeness (QED) is 0.890. The Labute approximate surface area is 111 Å². The number of hydrogen-bond donors (Lipinski definition) is 2. The number of rotatable bonds is 3. The molecule has 0 radical (unpaired) electrons. The predicted molar refractivity (Wildman–Crippen MR) is 72.9 cm³/mol. The molecule has 0 bridgehead atoms. The molecule has 2 aromatic rings. The number of aromatic nitrogens is 1. The van der Waals surface area contributed by atoms with Gasteiger partial charge in [-0.05, 0) is 43.0 Å². The first kappa shape index (κ1) is 12.1. The minimum absolute atomic E-state index is 0.116. The van der Waals surface area contributed by atoms with Crippen molar-refractivity contribution < 1.29 is 14.6 Å². The van der Waals surface area contributed by atoms with Crippen molar-refractivity contribution >= 4 is 16.9 Å². The van der Waals surface area contributed by atoms with E-state index in [-0.39, 0.29) is 12.3 Å². The Hall–Kier alpha value is -1.97. The van der Waals surface area contributed by atoms with Gasteiger partial charge in [0.05, 0.1) is 13.5 Å². The van der Waals surface area contributed by atoms with E-state index in [2.05, 4.69) is 4.98 Å². The summed E-state index contributed by atoms with van der Waals surface area (Å²) < 4.78 is 5.32. The third-order valence-electron chi connectivity index (χ3n) is 4.03. The van der Waals surface area contributed by atoms with E-state index in [0.717, 1.165) is 35.4 Å². The molecule has 0 amide bonds. The molecule has 0 spiro atoms. The van der Waals surface area contributed by atoms with Crippen molar-refractivity contribution in [2.75, 3.05) is 7.11 Å². The highest BCUT2D eigenvalue weighted by Crippen LogP contribution is 2.41. The number of hydrogen-bond acceptors (Lipinski definition) is 2. The highest BCUT2D eigenvalue weighted by atomic mass is 16.5. The number of aliphatic carboxylic acids is 1. The lowest BCUT2D eigenvalue weighted by Gasteiger charge is -2.06. The number of aromatic amines is 1. The van der Waals surface area contributed by atoms with Crippen LogP contribution >= 0.6 is 0 Å². The normalized spacial score (nSPS) is 17.7. The molecule has 0 fully saturated rings. The Kier molecular flexibility index (Phi) is 2.73.